The highest BCUT2D eigenvalue weighted by Gasteiger charge is 2.45. The molecule has 1 rings (SSSR count). The van der Waals surface area contributed by atoms with Crippen LogP contribution in [0.5, 0.6) is 0 Å². The van der Waals surface area contributed by atoms with Gasteiger partial charge in [-0.2, -0.15) is 0 Å². The van der Waals surface area contributed by atoms with Gasteiger partial charge in [-0.1, -0.05) is 20.8 Å². The molecule has 1 heterocycles. The molecule has 4 heteroatoms. The lowest BCUT2D eigenvalue weighted by Crippen LogP contribution is -2.43. The van der Waals surface area contributed by atoms with Gasteiger partial charge in [-0.05, 0) is 33.4 Å². The first kappa shape index (κ1) is 14.5. The minimum absolute atomic E-state index is 0.206. The first-order valence-electron chi connectivity index (χ1n) is 6.75. The zero-order valence-electron chi connectivity index (χ0n) is 11.9. The summed E-state index contributed by atoms with van der Waals surface area (Å²) < 4.78 is 0. The third-order valence-corrected chi connectivity index (χ3v) is 3.95. The van der Waals surface area contributed by atoms with E-state index in [1.165, 1.54) is 0 Å². The molecule has 4 nitrogen and oxygen atoms in total. The molecule has 1 saturated heterocycles. The van der Waals surface area contributed by atoms with Crippen molar-refractivity contribution in [3.8, 4) is 0 Å². The summed E-state index contributed by atoms with van der Waals surface area (Å²) in [5.74, 6) is 0.261. The fourth-order valence-corrected chi connectivity index (χ4v) is 2.24. The normalized spacial score (nSPS) is 29.4. The number of carbonyl (C=O) groups excluding carboxylic acids is 1. The summed E-state index contributed by atoms with van der Waals surface area (Å²) in [6.45, 7) is 11.1. The molecule has 2 atom stereocenters. The quantitative estimate of drug-likeness (QED) is 0.761. The van der Waals surface area contributed by atoms with Crippen molar-refractivity contribution < 1.29 is 4.79 Å². The van der Waals surface area contributed by atoms with Crippen molar-refractivity contribution in [3.63, 3.8) is 0 Å². The summed E-state index contributed by atoms with van der Waals surface area (Å²) in [4.78, 5) is 16.6. The van der Waals surface area contributed by atoms with Crippen LogP contribution in [0.1, 0.15) is 40.5 Å². The monoisotopic (exact) mass is 241 g/mol. The van der Waals surface area contributed by atoms with E-state index in [1.807, 2.05) is 11.8 Å². The average molecular weight is 241 g/mol. The van der Waals surface area contributed by atoms with Crippen LogP contribution in [0.4, 0.5) is 0 Å². The summed E-state index contributed by atoms with van der Waals surface area (Å²) in [7, 11) is 2.09. The summed E-state index contributed by atoms with van der Waals surface area (Å²) in [5, 5.41) is 3.47. The summed E-state index contributed by atoms with van der Waals surface area (Å²) in [6.07, 6.45) is 2.03. The van der Waals surface area contributed by atoms with Gasteiger partial charge >= 0.3 is 0 Å². The Bertz CT molecular complexity index is 269. The second kappa shape index (κ2) is 5.83. The van der Waals surface area contributed by atoms with Crippen molar-refractivity contribution in [1.82, 2.24) is 15.1 Å². The van der Waals surface area contributed by atoms with Crippen molar-refractivity contribution in [1.29, 1.82) is 0 Å². The maximum atomic E-state index is 12.4. The highest BCUT2D eigenvalue weighted by Crippen LogP contribution is 2.24. The molecule has 0 radical (unpaired) electrons. The minimum atomic E-state index is -0.356. The molecule has 0 spiro atoms. The van der Waals surface area contributed by atoms with Crippen LogP contribution in [-0.4, -0.2) is 54.1 Å². The van der Waals surface area contributed by atoms with Crippen molar-refractivity contribution in [2.45, 2.75) is 52.2 Å². The number of carbonyl (C=O) groups is 1. The molecule has 0 saturated carbocycles. The second-order valence-electron chi connectivity index (χ2n) is 5.15. The molecule has 1 amide bonds. The lowest BCUT2D eigenvalue weighted by molar-refractivity contribution is -0.133. The van der Waals surface area contributed by atoms with Gasteiger partial charge < -0.3 is 9.80 Å². The number of hydrogen-bond acceptors (Lipinski definition) is 3. The number of hydrogen-bond donors (Lipinski definition) is 1. The Morgan fingerprint density at radius 3 is 2.53 bits per heavy atom. The molecule has 0 aliphatic carbocycles. The first-order chi connectivity index (χ1) is 7.98. The summed E-state index contributed by atoms with van der Waals surface area (Å²) in [5.41, 5.74) is -0.356. The van der Waals surface area contributed by atoms with E-state index in [1.54, 1.807) is 0 Å². The molecule has 1 aliphatic rings. The van der Waals surface area contributed by atoms with Gasteiger partial charge in [0.2, 0.25) is 5.91 Å². The molecule has 1 aliphatic heterocycles. The molecule has 100 valence electrons. The van der Waals surface area contributed by atoms with Gasteiger partial charge in [0.25, 0.3) is 0 Å². The van der Waals surface area contributed by atoms with Crippen LogP contribution in [0, 0.1) is 0 Å². The molecule has 17 heavy (non-hydrogen) atoms. The smallest absolute Gasteiger partial charge is 0.243 e. The predicted molar refractivity (Wildman–Crippen MR) is 70.8 cm³/mol. The lowest BCUT2D eigenvalue weighted by Gasteiger charge is -2.25. The van der Waals surface area contributed by atoms with Crippen LogP contribution in [0.3, 0.4) is 0 Å². The Hall–Kier alpha value is -0.610. The minimum Gasteiger partial charge on any atom is -0.324 e. The number of amides is 1. The number of nitrogens with one attached hydrogen (secondary N) is 1. The Labute approximate surface area is 105 Å². The third kappa shape index (κ3) is 2.99. The third-order valence-electron chi connectivity index (χ3n) is 3.95. The second-order valence-corrected chi connectivity index (χ2v) is 5.15. The van der Waals surface area contributed by atoms with Crippen LogP contribution in [0.2, 0.25) is 0 Å². The van der Waals surface area contributed by atoms with E-state index in [4.69, 9.17) is 0 Å². The van der Waals surface area contributed by atoms with Crippen LogP contribution >= 0.6 is 0 Å². The Kier molecular flexibility index (Phi) is 4.95. The fraction of sp³-hybridized carbons (Fsp3) is 0.923. The van der Waals surface area contributed by atoms with E-state index in [2.05, 4.69) is 38.0 Å². The largest absolute Gasteiger partial charge is 0.324 e. The Balaban J connectivity index is 2.66. The molecule has 0 aromatic heterocycles. The number of rotatable bonds is 6. The van der Waals surface area contributed by atoms with Gasteiger partial charge in [0.05, 0.1) is 11.7 Å². The van der Waals surface area contributed by atoms with E-state index in [0.717, 1.165) is 32.5 Å². The van der Waals surface area contributed by atoms with Crippen molar-refractivity contribution in [3.05, 3.63) is 0 Å². The summed E-state index contributed by atoms with van der Waals surface area (Å²) in [6, 6.07) is 0. The fourth-order valence-electron chi connectivity index (χ4n) is 2.24. The Morgan fingerprint density at radius 2 is 2.06 bits per heavy atom. The molecule has 2 unspecified atom stereocenters. The lowest BCUT2D eigenvalue weighted by atomic mass is 9.99. The first-order valence-corrected chi connectivity index (χ1v) is 6.75. The number of likely N-dealkylation sites (N-methyl/N-ethyl adjacent to an activating group) is 1. The van der Waals surface area contributed by atoms with Gasteiger partial charge in [0.15, 0.2) is 0 Å². The highest BCUT2D eigenvalue weighted by atomic mass is 16.2. The molecular weight excluding hydrogens is 214 g/mol. The van der Waals surface area contributed by atoms with Crippen LogP contribution in [0.25, 0.3) is 0 Å². The van der Waals surface area contributed by atoms with Gasteiger partial charge in [-0.3, -0.25) is 10.1 Å². The summed E-state index contributed by atoms with van der Waals surface area (Å²) >= 11 is 0. The average Bonchev–Trinajstić information content (AvgIpc) is 2.59. The van der Waals surface area contributed by atoms with Gasteiger partial charge in [-0.15, -0.1) is 0 Å². The maximum absolute atomic E-state index is 12.4. The molecule has 0 aromatic rings. The van der Waals surface area contributed by atoms with E-state index in [-0.39, 0.29) is 17.6 Å². The Morgan fingerprint density at radius 1 is 1.41 bits per heavy atom. The molecule has 0 aromatic carbocycles. The van der Waals surface area contributed by atoms with E-state index in [9.17, 15) is 4.79 Å². The topological polar surface area (TPSA) is 35.6 Å². The zero-order chi connectivity index (χ0) is 13.1. The van der Waals surface area contributed by atoms with Crippen LogP contribution in [-0.2, 0) is 4.79 Å². The van der Waals surface area contributed by atoms with E-state index in [0.29, 0.717) is 0 Å². The molecule has 0 bridgehead atoms. The van der Waals surface area contributed by atoms with Gasteiger partial charge in [0.1, 0.15) is 0 Å². The molecular formula is C13H27N3O. The highest BCUT2D eigenvalue weighted by molar-refractivity contribution is 5.88. The van der Waals surface area contributed by atoms with Gasteiger partial charge in [-0.25, -0.2) is 0 Å². The van der Waals surface area contributed by atoms with Crippen molar-refractivity contribution in [2.24, 2.45) is 0 Å². The predicted octanol–water partition coefficient (Wildman–Crippen LogP) is 1.27. The standard InChI is InChI=1S/C13H27N3O/c1-6-11-14-13(4,7-2)12(17)16(11)10-9-15(5)8-3/h11,14H,6-10H2,1-5H3. The van der Waals surface area contributed by atoms with Crippen LogP contribution < -0.4 is 5.32 Å². The molecule has 1 fully saturated rings. The van der Waals surface area contributed by atoms with Crippen LogP contribution in [0.15, 0.2) is 0 Å². The van der Waals surface area contributed by atoms with Gasteiger partial charge in [0, 0.05) is 13.1 Å². The van der Waals surface area contributed by atoms with E-state index < -0.39 is 0 Å². The number of nitrogens with zero attached hydrogens (tertiary/aromatic N) is 2. The van der Waals surface area contributed by atoms with Crippen molar-refractivity contribution in [2.75, 3.05) is 26.7 Å². The zero-order valence-corrected chi connectivity index (χ0v) is 11.9. The molecule has 1 N–H and O–H groups in total. The van der Waals surface area contributed by atoms with Crippen molar-refractivity contribution >= 4 is 5.91 Å². The van der Waals surface area contributed by atoms with E-state index >= 15 is 0 Å². The SMILES string of the molecule is CCC1NC(C)(CC)C(=O)N1CCN(C)CC. The maximum Gasteiger partial charge on any atom is 0.243 e.